The van der Waals surface area contributed by atoms with E-state index in [2.05, 4.69) is 5.32 Å². The predicted octanol–water partition coefficient (Wildman–Crippen LogP) is 0.623. The van der Waals surface area contributed by atoms with Gasteiger partial charge in [-0.05, 0) is 18.2 Å². The first-order valence-corrected chi connectivity index (χ1v) is 10.4. The van der Waals surface area contributed by atoms with E-state index in [0.29, 0.717) is 0 Å². The Bertz CT molecular complexity index is 943. The molecule has 2 heterocycles. The fourth-order valence-electron chi connectivity index (χ4n) is 2.94. The number of nitro groups is 1. The van der Waals surface area contributed by atoms with E-state index >= 15 is 0 Å². The van der Waals surface area contributed by atoms with Gasteiger partial charge in [-0.15, -0.1) is 0 Å². The fraction of sp³-hybridized carbons (Fsp3) is 0.375. The number of nitrogens with one attached hydrogen (secondary N) is 1. The summed E-state index contributed by atoms with van der Waals surface area (Å²) < 4.78 is 27.3. The van der Waals surface area contributed by atoms with Crippen LogP contribution in [0.3, 0.4) is 0 Å². The third kappa shape index (κ3) is 6.58. The Kier molecular flexibility index (Phi) is 8.79. The van der Waals surface area contributed by atoms with Gasteiger partial charge in [0, 0.05) is 48.1 Å². The Morgan fingerprint density at radius 3 is 2.58 bits per heavy atom. The molecule has 1 aromatic carbocycles. The second-order valence-electron chi connectivity index (χ2n) is 6.48. The zero-order chi connectivity index (χ0) is 22.1. The maximum atomic E-state index is 12.1. The number of carbonyl (C=O) groups is 2. The van der Waals surface area contributed by atoms with Crippen molar-refractivity contribution in [3.63, 3.8) is 0 Å². The van der Waals surface area contributed by atoms with Crippen LogP contribution in [0.4, 0.5) is 5.69 Å². The van der Waals surface area contributed by atoms with E-state index in [1.165, 1.54) is 6.08 Å². The fourth-order valence-corrected chi connectivity index (χ4v) is 3.90. The number of ether oxygens (including phenoxy) is 1. The number of rotatable bonds is 7. The average Bonchev–Trinajstić information content (AvgIpc) is 3.03. The zero-order valence-electron chi connectivity index (χ0n) is 16.0. The SMILES string of the molecule is O=C1NC(=O)C([C@H]2C[C@H](O)[C@@H](COP(=O)(O)Oc3ccc([N+](=O)[O-])cc3)O2)C=C1Cl.[Na]. The number of amides is 2. The molecule has 1 fully saturated rings. The molecule has 0 aromatic heterocycles. The number of hydrogen-bond donors (Lipinski definition) is 3. The molecule has 12 nitrogen and oxygen atoms in total. The molecule has 0 spiro atoms. The largest absolute Gasteiger partial charge is 0.527 e. The first kappa shape index (κ1) is 25.9. The number of imide groups is 1. The van der Waals surface area contributed by atoms with Crippen molar-refractivity contribution in [2.45, 2.75) is 24.7 Å². The van der Waals surface area contributed by atoms with Gasteiger partial charge in [-0.1, -0.05) is 11.6 Å². The molecular weight excluding hydrogens is 470 g/mol. The number of hydrogen-bond acceptors (Lipinski definition) is 9. The molecule has 15 heteroatoms. The molecular formula is C16H16ClN2NaO10P. The number of nitro benzene ring substituents is 1. The summed E-state index contributed by atoms with van der Waals surface area (Å²) in [6.07, 6.45) is -1.78. The van der Waals surface area contributed by atoms with Crippen molar-refractivity contribution in [3.8, 4) is 5.75 Å². The number of non-ortho nitro benzene ring substituents is 1. The van der Waals surface area contributed by atoms with Crippen molar-refractivity contribution in [1.82, 2.24) is 5.32 Å². The second kappa shape index (κ2) is 10.5. The summed E-state index contributed by atoms with van der Waals surface area (Å²) in [6.45, 7) is -0.539. The molecule has 0 aliphatic carbocycles. The number of carbonyl (C=O) groups excluding carboxylic acids is 2. The Balaban J connectivity index is 0.00000341. The summed E-state index contributed by atoms with van der Waals surface area (Å²) in [5, 5.41) is 22.6. The van der Waals surface area contributed by atoms with Gasteiger partial charge >= 0.3 is 7.82 Å². The van der Waals surface area contributed by atoms with Crippen LogP contribution in [0.1, 0.15) is 6.42 Å². The van der Waals surface area contributed by atoms with Crippen LogP contribution in [0.2, 0.25) is 0 Å². The van der Waals surface area contributed by atoms with E-state index in [1.54, 1.807) is 0 Å². The van der Waals surface area contributed by atoms with Crippen LogP contribution in [-0.4, -0.2) is 81.2 Å². The van der Waals surface area contributed by atoms with Crippen LogP contribution in [0, 0.1) is 16.0 Å². The van der Waals surface area contributed by atoms with Crippen LogP contribution >= 0.6 is 19.4 Å². The molecule has 5 atom stereocenters. The number of phosphoric acid groups is 1. The topological polar surface area (TPSA) is 175 Å². The standard InChI is InChI=1S/C16H16ClN2O10P.Na/c17-11-5-10(15(21)18-16(11)22)13-6-12(20)14(28-13)7-27-30(25,26)29-9-3-1-8(2-4-9)19(23)24;/h1-5,10,12-14,20H,6-7H2,(H,25,26)(H,18,21,22);/t10?,12-,13+,14+;/m0./s1. The van der Waals surface area contributed by atoms with Crippen LogP contribution in [0.25, 0.3) is 0 Å². The average molecular weight is 486 g/mol. The number of nitrogens with zero attached hydrogens (tertiary/aromatic N) is 1. The van der Waals surface area contributed by atoms with E-state index < -0.39 is 55.4 Å². The van der Waals surface area contributed by atoms with Crippen molar-refractivity contribution >= 4 is 66.5 Å². The third-order valence-electron chi connectivity index (χ3n) is 4.41. The van der Waals surface area contributed by atoms with Gasteiger partial charge < -0.3 is 14.4 Å². The van der Waals surface area contributed by atoms with Crippen LogP contribution in [-0.2, 0) is 23.4 Å². The quantitative estimate of drug-likeness (QED) is 0.163. The van der Waals surface area contributed by atoms with Crippen LogP contribution < -0.4 is 9.84 Å². The van der Waals surface area contributed by atoms with Crippen molar-refractivity contribution in [2.75, 3.05) is 6.61 Å². The predicted molar refractivity (Wildman–Crippen MR) is 105 cm³/mol. The Labute approximate surface area is 202 Å². The third-order valence-corrected chi connectivity index (χ3v) is 5.62. The first-order valence-electron chi connectivity index (χ1n) is 8.53. The summed E-state index contributed by atoms with van der Waals surface area (Å²) in [5.74, 6) is -2.44. The van der Waals surface area contributed by atoms with E-state index in [1.807, 2.05) is 0 Å². The van der Waals surface area contributed by atoms with Gasteiger partial charge in [-0.3, -0.25) is 34.4 Å². The Morgan fingerprint density at radius 2 is 1.97 bits per heavy atom. The monoisotopic (exact) mass is 485 g/mol. The molecule has 163 valence electrons. The number of phosphoric ester groups is 1. The van der Waals surface area contributed by atoms with E-state index in [9.17, 15) is 34.3 Å². The minimum absolute atomic E-state index is 0. The molecule has 2 amide bonds. The Hall–Kier alpha value is -1.34. The number of benzene rings is 1. The maximum Gasteiger partial charge on any atom is 0.527 e. The van der Waals surface area contributed by atoms with Gasteiger partial charge in [0.2, 0.25) is 5.91 Å². The molecule has 1 radical (unpaired) electrons. The number of halogens is 1. The molecule has 3 N–H and O–H groups in total. The molecule has 0 saturated carbocycles. The molecule has 2 aliphatic rings. The molecule has 31 heavy (non-hydrogen) atoms. The van der Waals surface area contributed by atoms with Gasteiger partial charge in [0.25, 0.3) is 11.6 Å². The van der Waals surface area contributed by atoms with Crippen LogP contribution in [0.15, 0.2) is 35.4 Å². The summed E-state index contributed by atoms with van der Waals surface area (Å²) in [6, 6.07) is 4.42. The summed E-state index contributed by atoms with van der Waals surface area (Å²) in [4.78, 5) is 43.1. The van der Waals surface area contributed by atoms with Gasteiger partial charge in [-0.25, -0.2) is 4.57 Å². The molecule has 2 unspecified atom stereocenters. The first-order chi connectivity index (χ1) is 14.1. The van der Waals surface area contributed by atoms with Crippen molar-refractivity contribution in [3.05, 3.63) is 45.5 Å². The Morgan fingerprint density at radius 1 is 1.32 bits per heavy atom. The normalized spacial score (nSPS) is 27.5. The molecule has 2 aliphatic heterocycles. The van der Waals surface area contributed by atoms with Gasteiger partial charge in [0.1, 0.15) is 16.9 Å². The number of aliphatic hydroxyl groups is 1. The summed E-state index contributed by atoms with van der Waals surface area (Å²) in [5.41, 5.74) is -0.229. The molecule has 1 aromatic rings. The minimum Gasteiger partial charge on any atom is -0.404 e. The number of aliphatic hydroxyl groups excluding tert-OH is 1. The smallest absolute Gasteiger partial charge is 0.404 e. The van der Waals surface area contributed by atoms with Crippen molar-refractivity contribution in [1.29, 1.82) is 0 Å². The van der Waals surface area contributed by atoms with Crippen molar-refractivity contribution < 1.29 is 42.9 Å². The van der Waals surface area contributed by atoms with Gasteiger partial charge in [-0.2, -0.15) is 0 Å². The van der Waals surface area contributed by atoms with Crippen LogP contribution in [0.5, 0.6) is 5.75 Å². The maximum absolute atomic E-state index is 12.1. The summed E-state index contributed by atoms with van der Waals surface area (Å²) in [7, 11) is -4.63. The van der Waals surface area contributed by atoms with Gasteiger partial charge in [0.15, 0.2) is 0 Å². The molecule has 3 rings (SSSR count). The van der Waals surface area contributed by atoms with Gasteiger partial charge in [0.05, 0.1) is 29.7 Å². The second-order valence-corrected chi connectivity index (χ2v) is 8.27. The summed E-state index contributed by atoms with van der Waals surface area (Å²) >= 11 is 5.73. The molecule has 1 saturated heterocycles. The van der Waals surface area contributed by atoms with E-state index in [0.717, 1.165) is 24.3 Å². The van der Waals surface area contributed by atoms with E-state index in [4.69, 9.17) is 25.4 Å². The molecule has 0 bridgehead atoms. The zero-order valence-corrected chi connectivity index (χ0v) is 19.7. The minimum atomic E-state index is -4.63. The van der Waals surface area contributed by atoms with Crippen molar-refractivity contribution in [2.24, 2.45) is 5.92 Å². The van der Waals surface area contributed by atoms with E-state index in [-0.39, 0.29) is 52.4 Å².